The summed E-state index contributed by atoms with van der Waals surface area (Å²) in [4.78, 5) is 40.9. The maximum absolute atomic E-state index is 13.0. The highest BCUT2D eigenvalue weighted by atomic mass is 19.1. The predicted molar refractivity (Wildman–Crippen MR) is 97.0 cm³/mol. The fraction of sp³-hybridized carbons (Fsp3) is 0.150. The van der Waals surface area contributed by atoms with Crippen LogP contribution in [0.2, 0.25) is 0 Å². The van der Waals surface area contributed by atoms with E-state index in [1.54, 1.807) is 0 Å². The van der Waals surface area contributed by atoms with Crippen molar-refractivity contribution in [1.29, 1.82) is 0 Å². The topological polar surface area (TPSA) is 103 Å². The molecule has 0 atom stereocenters. The molecule has 9 heteroatoms. The Morgan fingerprint density at radius 1 is 1.03 bits per heavy atom. The number of imide groups is 1. The van der Waals surface area contributed by atoms with Gasteiger partial charge in [-0.2, -0.15) is 4.98 Å². The van der Waals surface area contributed by atoms with E-state index in [1.807, 2.05) is 0 Å². The van der Waals surface area contributed by atoms with Gasteiger partial charge in [0.15, 0.2) is 6.61 Å². The van der Waals surface area contributed by atoms with E-state index >= 15 is 0 Å². The second-order valence-electron chi connectivity index (χ2n) is 6.26. The molecule has 0 N–H and O–H groups in total. The van der Waals surface area contributed by atoms with Crippen molar-refractivity contribution in [1.82, 2.24) is 10.1 Å². The smallest absolute Gasteiger partial charge is 0.338 e. The van der Waals surface area contributed by atoms with Gasteiger partial charge >= 0.3 is 5.97 Å². The molecule has 1 fully saturated rings. The third kappa shape index (κ3) is 3.88. The van der Waals surface area contributed by atoms with Crippen LogP contribution >= 0.6 is 0 Å². The van der Waals surface area contributed by atoms with Gasteiger partial charge in [-0.25, -0.2) is 9.18 Å². The number of halogens is 1. The third-order valence-corrected chi connectivity index (χ3v) is 4.31. The van der Waals surface area contributed by atoms with Crippen molar-refractivity contribution < 1.29 is 28.0 Å². The van der Waals surface area contributed by atoms with Crippen LogP contribution < -0.4 is 4.90 Å². The Morgan fingerprint density at radius 3 is 2.34 bits per heavy atom. The molecule has 1 aromatic heterocycles. The number of ether oxygens (including phenoxy) is 1. The lowest BCUT2D eigenvalue weighted by molar-refractivity contribution is -0.121. The van der Waals surface area contributed by atoms with E-state index in [1.165, 1.54) is 48.5 Å². The molecule has 0 spiro atoms. The number of amides is 2. The Balaban J connectivity index is 1.38. The van der Waals surface area contributed by atoms with E-state index in [9.17, 15) is 18.8 Å². The largest absolute Gasteiger partial charge is 0.452 e. The molecule has 4 rings (SSSR count). The number of carbonyl (C=O) groups excluding carboxylic acids is 3. The van der Waals surface area contributed by atoms with E-state index in [0.29, 0.717) is 11.3 Å². The molecule has 2 heterocycles. The highest BCUT2D eigenvalue weighted by molar-refractivity contribution is 6.19. The molecular formula is C20H14FN3O5. The van der Waals surface area contributed by atoms with Gasteiger partial charge in [0, 0.05) is 18.4 Å². The summed E-state index contributed by atoms with van der Waals surface area (Å²) in [6, 6.07) is 11.5. The quantitative estimate of drug-likeness (QED) is 0.483. The van der Waals surface area contributed by atoms with Gasteiger partial charge in [-0.15, -0.1) is 0 Å². The standard InChI is InChI=1S/C20H14FN3O5/c21-14-5-1-12(2-6-14)19-22-16(29-23-19)11-28-20(27)13-3-7-15(8-4-13)24-17(25)9-10-18(24)26/h1-8H,9-11H2. The number of hydrogen-bond donors (Lipinski definition) is 0. The summed E-state index contributed by atoms with van der Waals surface area (Å²) >= 11 is 0. The summed E-state index contributed by atoms with van der Waals surface area (Å²) < 4.78 is 23.2. The fourth-order valence-corrected chi connectivity index (χ4v) is 2.85. The molecule has 8 nitrogen and oxygen atoms in total. The molecule has 0 aliphatic carbocycles. The Kier molecular flexibility index (Phi) is 4.86. The zero-order valence-corrected chi connectivity index (χ0v) is 15.0. The van der Waals surface area contributed by atoms with E-state index in [-0.39, 0.29) is 54.4 Å². The minimum atomic E-state index is -0.628. The van der Waals surface area contributed by atoms with Crippen LogP contribution in [0.4, 0.5) is 10.1 Å². The molecule has 2 amide bonds. The second kappa shape index (κ2) is 7.63. The first-order chi connectivity index (χ1) is 14.0. The van der Waals surface area contributed by atoms with Crippen molar-refractivity contribution >= 4 is 23.5 Å². The lowest BCUT2D eigenvalue weighted by Crippen LogP contribution is -2.28. The number of carbonyl (C=O) groups is 3. The second-order valence-corrected chi connectivity index (χ2v) is 6.26. The average Bonchev–Trinajstić information content (AvgIpc) is 3.33. The van der Waals surface area contributed by atoms with Crippen LogP contribution in [0.5, 0.6) is 0 Å². The molecule has 0 radical (unpaired) electrons. The molecule has 3 aromatic rings. The number of hydrogen-bond acceptors (Lipinski definition) is 7. The maximum Gasteiger partial charge on any atom is 0.338 e. The van der Waals surface area contributed by atoms with E-state index in [2.05, 4.69) is 10.1 Å². The molecule has 1 aliphatic rings. The number of benzene rings is 2. The van der Waals surface area contributed by atoms with Crippen LogP contribution in [0.3, 0.4) is 0 Å². The molecule has 1 saturated heterocycles. The number of aromatic nitrogens is 2. The van der Waals surface area contributed by atoms with Gasteiger partial charge in [-0.3, -0.25) is 14.5 Å². The molecule has 29 heavy (non-hydrogen) atoms. The van der Waals surface area contributed by atoms with Crippen molar-refractivity contribution in [3.63, 3.8) is 0 Å². The summed E-state index contributed by atoms with van der Waals surface area (Å²) in [5.74, 6) is -1.20. The summed E-state index contributed by atoms with van der Waals surface area (Å²) in [5, 5.41) is 3.77. The van der Waals surface area contributed by atoms with Crippen molar-refractivity contribution in [3.8, 4) is 11.4 Å². The monoisotopic (exact) mass is 395 g/mol. The highest BCUT2D eigenvalue weighted by Gasteiger charge is 2.30. The Bertz CT molecular complexity index is 1060. The Hall–Kier alpha value is -3.88. The van der Waals surface area contributed by atoms with Crippen molar-refractivity contribution in [3.05, 3.63) is 65.8 Å². The Labute approximate surface area is 163 Å². The van der Waals surface area contributed by atoms with Crippen LogP contribution in [0, 0.1) is 5.82 Å². The molecular weight excluding hydrogens is 381 g/mol. The first-order valence-corrected chi connectivity index (χ1v) is 8.73. The lowest BCUT2D eigenvalue weighted by atomic mass is 10.2. The minimum Gasteiger partial charge on any atom is -0.452 e. The van der Waals surface area contributed by atoms with Crippen molar-refractivity contribution in [2.45, 2.75) is 19.4 Å². The van der Waals surface area contributed by atoms with Crippen LogP contribution in [0.1, 0.15) is 29.1 Å². The summed E-state index contributed by atoms with van der Waals surface area (Å²) in [6.45, 7) is -0.238. The van der Waals surface area contributed by atoms with Crippen LogP contribution in [0.15, 0.2) is 53.1 Å². The first kappa shape index (κ1) is 18.5. The maximum atomic E-state index is 13.0. The zero-order valence-electron chi connectivity index (χ0n) is 15.0. The molecule has 2 aromatic carbocycles. The van der Waals surface area contributed by atoms with Gasteiger partial charge in [-0.05, 0) is 48.5 Å². The normalized spacial score (nSPS) is 13.8. The lowest BCUT2D eigenvalue weighted by Gasteiger charge is -2.13. The predicted octanol–water partition coefficient (Wildman–Crippen LogP) is 2.89. The number of rotatable bonds is 5. The molecule has 0 saturated carbocycles. The zero-order chi connectivity index (χ0) is 20.4. The van der Waals surface area contributed by atoms with Crippen molar-refractivity contribution in [2.24, 2.45) is 0 Å². The average molecular weight is 395 g/mol. The third-order valence-electron chi connectivity index (χ3n) is 4.31. The molecule has 0 unspecified atom stereocenters. The Morgan fingerprint density at radius 2 is 1.69 bits per heavy atom. The van der Waals surface area contributed by atoms with Gasteiger partial charge in [-0.1, -0.05) is 5.16 Å². The van der Waals surface area contributed by atoms with E-state index in [4.69, 9.17) is 9.26 Å². The number of nitrogens with zero attached hydrogens (tertiary/aromatic N) is 3. The van der Waals surface area contributed by atoms with Gasteiger partial charge in [0.05, 0.1) is 11.3 Å². The van der Waals surface area contributed by atoms with Gasteiger partial charge in [0.2, 0.25) is 17.6 Å². The van der Waals surface area contributed by atoms with Gasteiger partial charge in [0.1, 0.15) is 5.82 Å². The van der Waals surface area contributed by atoms with Gasteiger partial charge < -0.3 is 9.26 Å². The van der Waals surface area contributed by atoms with E-state index < -0.39 is 5.97 Å². The molecule has 1 aliphatic heterocycles. The minimum absolute atomic E-state index is 0.0857. The number of anilines is 1. The van der Waals surface area contributed by atoms with Crippen molar-refractivity contribution in [2.75, 3.05) is 4.90 Å². The summed E-state index contributed by atoms with van der Waals surface area (Å²) in [5.41, 5.74) is 1.22. The SMILES string of the molecule is O=C(OCc1nc(-c2ccc(F)cc2)no1)c1ccc(N2C(=O)CCC2=O)cc1. The summed E-state index contributed by atoms with van der Waals surface area (Å²) in [6.07, 6.45) is 0.374. The fourth-order valence-electron chi connectivity index (χ4n) is 2.85. The van der Waals surface area contributed by atoms with E-state index in [0.717, 1.165) is 4.90 Å². The summed E-state index contributed by atoms with van der Waals surface area (Å²) in [7, 11) is 0. The number of esters is 1. The van der Waals surface area contributed by atoms with Gasteiger partial charge in [0.25, 0.3) is 5.89 Å². The van der Waals surface area contributed by atoms with Crippen LogP contribution in [0.25, 0.3) is 11.4 Å². The molecule has 146 valence electrons. The highest BCUT2D eigenvalue weighted by Crippen LogP contribution is 2.23. The van der Waals surface area contributed by atoms with Crippen LogP contribution in [-0.4, -0.2) is 27.9 Å². The first-order valence-electron chi connectivity index (χ1n) is 8.73. The van der Waals surface area contributed by atoms with Crippen LogP contribution in [-0.2, 0) is 20.9 Å². The molecule has 0 bridgehead atoms.